The number of aliphatic hydroxyl groups is 1. The molecule has 0 saturated carbocycles. The van der Waals surface area contributed by atoms with Crippen molar-refractivity contribution in [3.8, 4) is 0 Å². The third kappa shape index (κ3) is 2.49. The van der Waals surface area contributed by atoms with E-state index in [1.807, 2.05) is 6.92 Å². The molecule has 1 atom stereocenters. The van der Waals surface area contributed by atoms with E-state index in [4.69, 9.17) is 0 Å². The molecule has 0 amide bonds. The van der Waals surface area contributed by atoms with Gasteiger partial charge < -0.3 is 5.11 Å². The molecule has 1 unspecified atom stereocenters. The van der Waals surface area contributed by atoms with Gasteiger partial charge in [-0.3, -0.25) is 0 Å². The van der Waals surface area contributed by atoms with Gasteiger partial charge >= 0.3 is 0 Å². The fourth-order valence-corrected chi connectivity index (χ4v) is 1.20. The number of halogens is 2. The summed E-state index contributed by atoms with van der Waals surface area (Å²) in [6.07, 6.45) is 0.276. The molecule has 13 heavy (non-hydrogen) atoms. The highest BCUT2D eigenvalue weighted by molar-refractivity contribution is 5.20. The number of benzene rings is 1. The quantitative estimate of drug-likeness (QED) is 0.769. The average Bonchev–Trinajstić information content (AvgIpc) is 2.09. The van der Waals surface area contributed by atoms with Gasteiger partial charge in [0, 0.05) is 5.56 Å². The Morgan fingerprint density at radius 3 is 2.69 bits per heavy atom. The molecule has 0 aliphatic carbocycles. The van der Waals surface area contributed by atoms with Gasteiger partial charge in [-0.15, -0.1) is 0 Å². The van der Waals surface area contributed by atoms with Crippen LogP contribution in [0, 0.1) is 11.6 Å². The predicted octanol–water partition coefficient (Wildman–Crippen LogP) is 2.80. The maximum Gasteiger partial charge on any atom is 0.129 e. The summed E-state index contributed by atoms with van der Waals surface area (Å²) in [5, 5.41) is 9.42. The second-order valence-corrected chi connectivity index (χ2v) is 2.97. The molecule has 1 rings (SSSR count). The predicted molar refractivity (Wildman–Crippen MR) is 46.2 cm³/mol. The summed E-state index contributed by atoms with van der Waals surface area (Å²) in [5.41, 5.74) is 0.0434. The van der Waals surface area contributed by atoms with E-state index in [1.165, 1.54) is 0 Å². The molecule has 0 aromatic heterocycles. The summed E-state index contributed by atoms with van der Waals surface area (Å²) < 4.78 is 25.7. The second kappa shape index (κ2) is 4.33. The number of hydrogen-bond donors (Lipinski definition) is 1. The van der Waals surface area contributed by atoms with Crippen molar-refractivity contribution < 1.29 is 13.9 Å². The van der Waals surface area contributed by atoms with Crippen molar-refractivity contribution in [2.24, 2.45) is 0 Å². The third-order valence-corrected chi connectivity index (χ3v) is 1.88. The number of hydrogen-bond acceptors (Lipinski definition) is 1. The average molecular weight is 186 g/mol. The lowest BCUT2D eigenvalue weighted by atomic mass is 10.0. The van der Waals surface area contributed by atoms with Crippen molar-refractivity contribution in [3.63, 3.8) is 0 Å². The Labute approximate surface area is 76.0 Å². The monoisotopic (exact) mass is 186 g/mol. The van der Waals surface area contributed by atoms with Crippen molar-refractivity contribution in [2.45, 2.75) is 25.9 Å². The van der Waals surface area contributed by atoms with Gasteiger partial charge in [-0.2, -0.15) is 0 Å². The molecule has 0 spiro atoms. The Kier molecular flexibility index (Phi) is 3.37. The number of aliphatic hydroxyl groups excluding tert-OH is 1. The van der Waals surface area contributed by atoms with Crippen LogP contribution >= 0.6 is 0 Å². The van der Waals surface area contributed by atoms with Crippen molar-refractivity contribution in [2.75, 3.05) is 0 Å². The van der Waals surface area contributed by atoms with Gasteiger partial charge in [0.1, 0.15) is 11.6 Å². The van der Waals surface area contributed by atoms with E-state index in [1.54, 1.807) is 0 Å². The van der Waals surface area contributed by atoms with E-state index >= 15 is 0 Å². The second-order valence-electron chi connectivity index (χ2n) is 2.97. The smallest absolute Gasteiger partial charge is 0.129 e. The van der Waals surface area contributed by atoms with Crippen LogP contribution in [0.3, 0.4) is 0 Å². The normalized spacial score (nSPS) is 12.9. The van der Waals surface area contributed by atoms with Gasteiger partial charge in [0.2, 0.25) is 0 Å². The molecule has 1 nitrogen and oxygen atoms in total. The summed E-state index contributed by atoms with van der Waals surface area (Å²) in [6, 6.07) is 3.11. The fourth-order valence-electron chi connectivity index (χ4n) is 1.20. The zero-order chi connectivity index (χ0) is 9.84. The molecule has 0 fully saturated rings. The molecule has 1 N–H and O–H groups in total. The van der Waals surface area contributed by atoms with Gasteiger partial charge in [-0.1, -0.05) is 13.3 Å². The van der Waals surface area contributed by atoms with Crippen molar-refractivity contribution >= 4 is 0 Å². The minimum Gasteiger partial charge on any atom is -0.388 e. The van der Waals surface area contributed by atoms with Crippen molar-refractivity contribution in [1.29, 1.82) is 0 Å². The zero-order valence-corrected chi connectivity index (χ0v) is 7.43. The first kappa shape index (κ1) is 10.1. The molecule has 0 radical (unpaired) electrons. The van der Waals surface area contributed by atoms with Crippen LogP contribution in [0.25, 0.3) is 0 Å². The largest absolute Gasteiger partial charge is 0.388 e. The molecule has 1 aromatic carbocycles. The SMILES string of the molecule is CCCC(O)c1cc(F)ccc1F. The highest BCUT2D eigenvalue weighted by Crippen LogP contribution is 2.21. The van der Waals surface area contributed by atoms with E-state index in [9.17, 15) is 13.9 Å². The Hall–Kier alpha value is -0.960. The lowest BCUT2D eigenvalue weighted by Crippen LogP contribution is -2.00. The highest BCUT2D eigenvalue weighted by Gasteiger charge is 2.12. The van der Waals surface area contributed by atoms with Crippen LogP contribution in [0.2, 0.25) is 0 Å². The summed E-state index contributed by atoms with van der Waals surface area (Å²) in [5.74, 6) is -1.08. The van der Waals surface area contributed by atoms with E-state index in [0.717, 1.165) is 24.6 Å². The Balaban J connectivity index is 2.91. The van der Waals surface area contributed by atoms with E-state index < -0.39 is 17.7 Å². The molecule has 72 valence electrons. The Morgan fingerprint density at radius 1 is 1.38 bits per heavy atom. The fraction of sp³-hybridized carbons (Fsp3) is 0.400. The van der Waals surface area contributed by atoms with Gasteiger partial charge in [0.15, 0.2) is 0 Å². The Morgan fingerprint density at radius 2 is 2.08 bits per heavy atom. The molecular weight excluding hydrogens is 174 g/mol. The molecule has 0 heterocycles. The van der Waals surface area contributed by atoms with Crippen LogP contribution in [0.1, 0.15) is 31.4 Å². The van der Waals surface area contributed by atoms with Crippen LogP contribution in [0.4, 0.5) is 8.78 Å². The van der Waals surface area contributed by atoms with Crippen LogP contribution in [0.5, 0.6) is 0 Å². The van der Waals surface area contributed by atoms with Gasteiger partial charge in [-0.25, -0.2) is 8.78 Å². The molecule has 0 aliphatic rings. The maximum absolute atomic E-state index is 13.0. The first-order chi connectivity index (χ1) is 6.15. The number of rotatable bonds is 3. The molecule has 0 saturated heterocycles. The van der Waals surface area contributed by atoms with E-state index in [-0.39, 0.29) is 5.56 Å². The van der Waals surface area contributed by atoms with Crippen LogP contribution in [0.15, 0.2) is 18.2 Å². The standard InChI is InChI=1S/C10H12F2O/c1-2-3-10(13)8-6-7(11)4-5-9(8)12/h4-6,10,13H,2-3H2,1H3. The van der Waals surface area contributed by atoms with Crippen molar-refractivity contribution in [3.05, 3.63) is 35.4 Å². The molecule has 3 heteroatoms. The van der Waals surface area contributed by atoms with Gasteiger partial charge in [0.05, 0.1) is 6.10 Å². The summed E-state index contributed by atoms with van der Waals surface area (Å²) in [4.78, 5) is 0. The first-order valence-corrected chi connectivity index (χ1v) is 4.28. The topological polar surface area (TPSA) is 20.2 Å². The highest BCUT2D eigenvalue weighted by atomic mass is 19.1. The van der Waals surface area contributed by atoms with Crippen LogP contribution in [-0.2, 0) is 0 Å². The Bertz CT molecular complexity index is 286. The van der Waals surface area contributed by atoms with Crippen LogP contribution < -0.4 is 0 Å². The third-order valence-electron chi connectivity index (χ3n) is 1.88. The van der Waals surface area contributed by atoms with Gasteiger partial charge in [-0.05, 0) is 24.6 Å². The van der Waals surface area contributed by atoms with E-state index in [0.29, 0.717) is 6.42 Å². The molecular formula is C10H12F2O. The summed E-state index contributed by atoms with van der Waals surface area (Å²) in [7, 11) is 0. The maximum atomic E-state index is 13.0. The molecule has 1 aromatic rings. The summed E-state index contributed by atoms with van der Waals surface area (Å²) in [6.45, 7) is 1.88. The van der Waals surface area contributed by atoms with Crippen molar-refractivity contribution in [1.82, 2.24) is 0 Å². The molecule has 0 bridgehead atoms. The lowest BCUT2D eigenvalue weighted by molar-refractivity contribution is 0.161. The van der Waals surface area contributed by atoms with Gasteiger partial charge in [0.25, 0.3) is 0 Å². The molecule has 0 aliphatic heterocycles. The van der Waals surface area contributed by atoms with E-state index in [2.05, 4.69) is 0 Å². The lowest BCUT2D eigenvalue weighted by Gasteiger charge is -2.10. The minimum absolute atomic E-state index is 0.0434. The first-order valence-electron chi connectivity index (χ1n) is 4.28. The van der Waals surface area contributed by atoms with Crippen LogP contribution in [-0.4, -0.2) is 5.11 Å². The minimum atomic E-state index is -0.902. The summed E-state index contributed by atoms with van der Waals surface area (Å²) >= 11 is 0. The zero-order valence-electron chi connectivity index (χ0n) is 7.43.